The summed E-state index contributed by atoms with van der Waals surface area (Å²) in [5.41, 5.74) is 1.79. The molecule has 0 N–H and O–H groups in total. The summed E-state index contributed by atoms with van der Waals surface area (Å²) in [6.45, 7) is 10.7. The van der Waals surface area contributed by atoms with Crippen molar-refractivity contribution in [2.45, 2.75) is 37.9 Å². The molecule has 0 saturated carbocycles. The maximum Gasteiger partial charge on any atom is 0.254 e. The fourth-order valence-electron chi connectivity index (χ4n) is 4.06. The highest BCUT2D eigenvalue weighted by Gasteiger charge is 2.32. The van der Waals surface area contributed by atoms with Crippen LogP contribution in [-0.4, -0.2) is 63.7 Å². The average molecular weight is 453 g/mol. The number of benzene rings is 1. The number of carbonyl (C=O) groups is 1. The lowest BCUT2D eigenvalue weighted by Gasteiger charge is -2.37. The minimum atomic E-state index is -0.169. The largest absolute Gasteiger partial charge is 0.340 e. The molecule has 32 heavy (non-hydrogen) atoms. The van der Waals surface area contributed by atoms with Gasteiger partial charge in [-0.1, -0.05) is 75.0 Å². The van der Waals surface area contributed by atoms with Crippen LogP contribution in [0.3, 0.4) is 0 Å². The van der Waals surface area contributed by atoms with Crippen LogP contribution in [-0.2, 0) is 16.8 Å². The standard InChI is InChI=1S/C25H32N4O2S/c1-25(2,3)21-16-22(30)29-17-20(18-32-24(29)26-21)23(31)28-14-12-27(13-15-28)11-7-10-19-8-5-4-6-9-19/h4-10,16,20H,11-15,17-18H2,1-3H3. The monoisotopic (exact) mass is 452 g/mol. The molecule has 1 fully saturated rings. The van der Waals surface area contributed by atoms with Crippen molar-refractivity contribution in [2.75, 3.05) is 38.5 Å². The molecule has 0 aliphatic carbocycles. The van der Waals surface area contributed by atoms with Gasteiger partial charge in [0.1, 0.15) is 0 Å². The van der Waals surface area contributed by atoms with Crippen LogP contribution in [0.1, 0.15) is 32.0 Å². The lowest BCUT2D eigenvalue weighted by molar-refractivity contribution is -0.137. The predicted octanol–water partition coefficient (Wildman–Crippen LogP) is 3.12. The molecule has 0 radical (unpaired) electrons. The Bertz CT molecular complexity index is 1030. The molecule has 7 heteroatoms. The molecule has 1 saturated heterocycles. The van der Waals surface area contributed by atoms with E-state index in [1.54, 1.807) is 10.6 Å². The molecule has 1 aromatic heterocycles. The second-order valence-electron chi connectivity index (χ2n) is 9.57. The van der Waals surface area contributed by atoms with Crippen LogP contribution in [0.15, 0.2) is 52.4 Å². The Morgan fingerprint density at radius 2 is 1.88 bits per heavy atom. The number of hydrogen-bond donors (Lipinski definition) is 0. The van der Waals surface area contributed by atoms with Gasteiger partial charge in [0.15, 0.2) is 5.16 Å². The van der Waals surface area contributed by atoms with Crippen molar-refractivity contribution in [1.82, 2.24) is 19.4 Å². The molecule has 0 bridgehead atoms. The van der Waals surface area contributed by atoms with Crippen LogP contribution >= 0.6 is 11.8 Å². The van der Waals surface area contributed by atoms with Gasteiger partial charge >= 0.3 is 0 Å². The van der Waals surface area contributed by atoms with Crippen LogP contribution in [0, 0.1) is 5.92 Å². The highest BCUT2D eigenvalue weighted by Crippen LogP contribution is 2.29. The fraction of sp³-hybridized carbons (Fsp3) is 0.480. The van der Waals surface area contributed by atoms with Crippen LogP contribution in [0.5, 0.6) is 0 Å². The van der Waals surface area contributed by atoms with Gasteiger partial charge in [-0.05, 0) is 5.56 Å². The van der Waals surface area contributed by atoms with E-state index in [4.69, 9.17) is 4.98 Å². The molecular weight excluding hydrogens is 420 g/mol. The molecule has 1 aromatic carbocycles. The maximum atomic E-state index is 13.2. The molecule has 6 nitrogen and oxygen atoms in total. The van der Waals surface area contributed by atoms with Crippen LogP contribution in [0.25, 0.3) is 6.08 Å². The molecule has 1 atom stereocenters. The summed E-state index contributed by atoms with van der Waals surface area (Å²) in [5.74, 6) is 0.672. The van der Waals surface area contributed by atoms with Crippen molar-refractivity contribution < 1.29 is 4.79 Å². The zero-order valence-corrected chi connectivity index (χ0v) is 20.0. The SMILES string of the molecule is CC(C)(C)c1cc(=O)n2c(n1)SCC(C(=O)N1CCN(CC=Cc3ccccc3)CC1)C2. The number of thioether (sulfide) groups is 1. The number of aromatic nitrogens is 2. The Hall–Kier alpha value is -2.38. The van der Waals surface area contributed by atoms with Crippen LogP contribution < -0.4 is 5.56 Å². The number of nitrogens with zero attached hydrogens (tertiary/aromatic N) is 4. The van der Waals surface area contributed by atoms with Gasteiger partial charge in [0, 0.05) is 56.5 Å². The normalized spacial score (nSPS) is 19.8. The van der Waals surface area contributed by atoms with E-state index in [-0.39, 0.29) is 22.8 Å². The molecule has 1 unspecified atom stereocenters. The molecule has 4 rings (SSSR count). The van der Waals surface area contributed by atoms with Gasteiger partial charge in [0.2, 0.25) is 5.91 Å². The van der Waals surface area contributed by atoms with Crippen molar-refractivity contribution in [2.24, 2.45) is 5.92 Å². The summed E-state index contributed by atoms with van der Waals surface area (Å²) in [6.07, 6.45) is 4.33. The number of amides is 1. The minimum Gasteiger partial charge on any atom is -0.340 e. The fourth-order valence-corrected chi connectivity index (χ4v) is 5.14. The molecule has 3 heterocycles. The predicted molar refractivity (Wildman–Crippen MR) is 130 cm³/mol. The molecule has 2 aromatic rings. The zero-order valence-electron chi connectivity index (χ0n) is 19.2. The third-order valence-corrected chi connectivity index (χ3v) is 7.20. The van der Waals surface area contributed by atoms with Gasteiger partial charge in [0.25, 0.3) is 5.56 Å². The first-order chi connectivity index (χ1) is 15.3. The Balaban J connectivity index is 1.32. The highest BCUT2D eigenvalue weighted by atomic mass is 32.2. The first kappa shape index (κ1) is 22.8. The number of hydrogen-bond acceptors (Lipinski definition) is 5. The Morgan fingerprint density at radius 3 is 2.56 bits per heavy atom. The summed E-state index contributed by atoms with van der Waals surface area (Å²) in [5, 5.41) is 0.737. The van der Waals surface area contributed by atoms with Crippen LogP contribution in [0.4, 0.5) is 0 Å². The Labute approximate surface area is 194 Å². The molecule has 170 valence electrons. The van der Waals surface area contributed by atoms with E-state index < -0.39 is 0 Å². The zero-order chi connectivity index (χ0) is 22.7. The molecule has 2 aliphatic rings. The lowest BCUT2D eigenvalue weighted by Crippen LogP contribution is -2.51. The molecule has 0 spiro atoms. The van der Waals surface area contributed by atoms with Gasteiger partial charge in [-0.15, -0.1) is 0 Å². The first-order valence-electron chi connectivity index (χ1n) is 11.3. The third-order valence-electron chi connectivity index (χ3n) is 6.06. The van der Waals surface area contributed by atoms with E-state index in [9.17, 15) is 9.59 Å². The van der Waals surface area contributed by atoms with Gasteiger partial charge in [-0.2, -0.15) is 0 Å². The Kier molecular flexibility index (Phi) is 6.86. The van der Waals surface area contributed by atoms with Crippen molar-refractivity contribution in [3.8, 4) is 0 Å². The van der Waals surface area contributed by atoms with E-state index >= 15 is 0 Å². The van der Waals surface area contributed by atoms with Crippen molar-refractivity contribution >= 4 is 23.7 Å². The summed E-state index contributed by atoms with van der Waals surface area (Å²) < 4.78 is 1.68. The summed E-state index contributed by atoms with van der Waals surface area (Å²) in [6, 6.07) is 11.9. The number of fused-ring (bicyclic) bond motifs is 1. The van der Waals surface area contributed by atoms with E-state index in [1.165, 1.54) is 17.3 Å². The van der Waals surface area contributed by atoms with E-state index in [1.807, 2.05) is 23.1 Å². The second kappa shape index (κ2) is 9.63. The van der Waals surface area contributed by atoms with E-state index in [0.717, 1.165) is 43.6 Å². The van der Waals surface area contributed by atoms with Gasteiger partial charge < -0.3 is 4.90 Å². The Morgan fingerprint density at radius 1 is 1.16 bits per heavy atom. The van der Waals surface area contributed by atoms with Gasteiger partial charge in [0.05, 0.1) is 11.6 Å². The topological polar surface area (TPSA) is 58.4 Å². The summed E-state index contributed by atoms with van der Waals surface area (Å²) in [7, 11) is 0. The van der Waals surface area contributed by atoms with Crippen LogP contribution in [0.2, 0.25) is 0 Å². The quantitative estimate of drug-likeness (QED) is 0.667. The average Bonchev–Trinajstić information content (AvgIpc) is 2.79. The highest BCUT2D eigenvalue weighted by molar-refractivity contribution is 7.99. The maximum absolute atomic E-state index is 13.2. The first-order valence-corrected chi connectivity index (χ1v) is 12.3. The second-order valence-corrected chi connectivity index (χ2v) is 10.6. The number of carbonyl (C=O) groups excluding carboxylic acids is 1. The van der Waals surface area contributed by atoms with E-state index in [0.29, 0.717) is 12.3 Å². The third kappa shape index (κ3) is 5.33. The summed E-state index contributed by atoms with van der Waals surface area (Å²) >= 11 is 1.53. The number of piperazine rings is 1. The smallest absolute Gasteiger partial charge is 0.254 e. The van der Waals surface area contributed by atoms with Crippen molar-refractivity contribution in [3.05, 3.63) is 64.1 Å². The van der Waals surface area contributed by atoms with Gasteiger partial charge in [-0.3, -0.25) is 19.1 Å². The van der Waals surface area contributed by atoms with Crippen molar-refractivity contribution in [3.63, 3.8) is 0 Å². The van der Waals surface area contributed by atoms with Gasteiger partial charge in [-0.25, -0.2) is 4.98 Å². The molecular formula is C25H32N4O2S. The van der Waals surface area contributed by atoms with E-state index in [2.05, 4.69) is 50.0 Å². The molecule has 2 aliphatic heterocycles. The number of rotatable bonds is 4. The van der Waals surface area contributed by atoms with Crippen molar-refractivity contribution in [1.29, 1.82) is 0 Å². The molecule has 1 amide bonds. The minimum absolute atomic E-state index is 0.0556. The summed E-state index contributed by atoms with van der Waals surface area (Å²) in [4.78, 5) is 34.9. The lowest BCUT2D eigenvalue weighted by atomic mass is 9.92.